The smallest absolute Gasteiger partial charge is 0.240 e. The summed E-state index contributed by atoms with van der Waals surface area (Å²) in [5.74, 6) is 0.0621. The predicted molar refractivity (Wildman–Crippen MR) is 64.0 cm³/mol. The first-order chi connectivity index (χ1) is 7.38. The molecule has 4 heteroatoms. The summed E-state index contributed by atoms with van der Waals surface area (Å²) in [6.07, 6.45) is 2.21. The van der Waals surface area contributed by atoms with E-state index in [1.165, 1.54) is 0 Å². The van der Waals surface area contributed by atoms with Crippen LogP contribution in [-0.4, -0.2) is 43.2 Å². The zero-order chi connectivity index (χ0) is 12.3. The van der Waals surface area contributed by atoms with Crippen molar-refractivity contribution < 1.29 is 9.53 Å². The molecule has 4 nitrogen and oxygen atoms in total. The molecule has 1 aliphatic carbocycles. The van der Waals surface area contributed by atoms with Gasteiger partial charge in [-0.25, -0.2) is 0 Å². The summed E-state index contributed by atoms with van der Waals surface area (Å²) in [5, 5.41) is 0. The van der Waals surface area contributed by atoms with Crippen LogP contribution in [0.1, 0.15) is 33.6 Å². The van der Waals surface area contributed by atoms with Gasteiger partial charge in [-0.05, 0) is 18.3 Å². The fraction of sp³-hybridized carbons (Fsp3) is 0.917. The molecule has 1 fully saturated rings. The van der Waals surface area contributed by atoms with E-state index >= 15 is 0 Å². The van der Waals surface area contributed by atoms with Gasteiger partial charge in [0.25, 0.3) is 0 Å². The second kappa shape index (κ2) is 5.15. The molecule has 0 aromatic rings. The van der Waals surface area contributed by atoms with Gasteiger partial charge in [0.05, 0.1) is 12.6 Å². The molecule has 0 saturated heterocycles. The van der Waals surface area contributed by atoms with Crippen LogP contribution in [0.5, 0.6) is 0 Å². The SMILES string of the molecule is COCCN(C(=O)[C@@H](N)C(C)(C)C)C1CC1. The van der Waals surface area contributed by atoms with Gasteiger partial charge in [-0.1, -0.05) is 20.8 Å². The summed E-state index contributed by atoms with van der Waals surface area (Å²) in [4.78, 5) is 14.1. The third-order valence-corrected chi connectivity index (χ3v) is 3.01. The van der Waals surface area contributed by atoms with Crippen LogP contribution in [0.2, 0.25) is 0 Å². The summed E-state index contributed by atoms with van der Waals surface area (Å²) in [6, 6.07) is -0.0268. The Labute approximate surface area is 98.1 Å². The van der Waals surface area contributed by atoms with Crippen LogP contribution in [0.3, 0.4) is 0 Å². The monoisotopic (exact) mass is 228 g/mol. The van der Waals surface area contributed by atoms with Crippen LogP contribution in [-0.2, 0) is 9.53 Å². The van der Waals surface area contributed by atoms with Crippen molar-refractivity contribution in [1.82, 2.24) is 4.90 Å². The van der Waals surface area contributed by atoms with Gasteiger partial charge >= 0.3 is 0 Å². The lowest BCUT2D eigenvalue weighted by Gasteiger charge is -2.32. The number of rotatable bonds is 5. The number of amides is 1. The fourth-order valence-electron chi connectivity index (χ4n) is 1.60. The predicted octanol–water partition coefficient (Wildman–Crippen LogP) is 0.997. The molecule has 1 aliphatic rings. The van der Waals surface area contributed by atoms with Gasteiger partial charge in [0.15, 0.2) is 0 Å². The number of ether oxygens (including phenoxy) is 1. The molecule has 0 bridgehead atoms. The van der Waals surface area contributed by atoms with E-state index in [0.717, 1.165) is 12.8 Å². The van der Waals surface area contributed by atoms with Crippen molar-refractivity contribution in [2.75, 3.05) is 20.3 Å². The second-order valence-corrected chi connectivity index (χ2v) is 5.60. The Balaban J connectivity index is 2.59. The van der Waals surface area contributed by atoms with E-state index in [1.807, 2.05) is 25.7 Å². The third kappa shape index (κ3) is 3.46. The molecule has 0 aromatic carbocycles. The first-order valence-electron chi connectivity index (χ1n) is 5.93. The maximum atomic E-state index is 12.2. The van der Waals surface area contributed by atoms with Crippen LogP contribution in [0.15, 0.2) is 0 Å². The Morgan fingerprint density at radius 3 is 2.44 bits per heavy atom. The van der Waals surface area contributed by atoms with E-state index in [0.29, 0.717) is 19.2 Å². The summed E-state index contributed by atoms with van der Waals surface area (Å²) in [6.45, 7) is 7.23. The van der Waals surface area contributed by atoms with Gasteiger partial charge in [0.1, 0.15) is 0 Å². The van der Waals surface area contributed by atoms with Crippen molar-refractivity contribution in [3.05, 3.63) is 0 Å². The van der Waals surface area contributed by atoms with Gasteiger partial charge in [0, 0.05) is 19.7 Å². The van der Waals surface area contributed by atoms with Gasteiger partial charge in [-0.15, -0.1) is 0 Å². The fourth-order valence-corrected chi connectivity index (χ4v) is 1.60. The van der Waals surface area contributed by atoms with E-state index in [9.17, 15) is 4.79 Å². The van der Waals surface area contributed by atoms with Crippen molar-refractivity contribution in [3.8, 4) is 0 Å². The topological polar surface area (TPSA) is 55.6 Å². The molecule has 1 saturated carbocycles. The standard InChI is InChI=1S/C12H24N2O2/c1-12(2,3)10(13)11(15)14(7-8-16-4)9-5-6-9/h9-10H,5-8,13H2,1-4H3/t10-/m1/s1. The van der Waals surface area contributed by atoms with Crippen molar-refractivity contribution in [3.63, 3.8) is 0 Å². The number of nitrogens with two attached hydrogens (primary N) is 1. The Morgan fingerprint density at radius 2 is 2.06 bits per heavy atom. The van der Waals surface area contributed by atoms with E-state index < -0.39 is 6.04 Å². The number of hydrogen-bond donors (Lipinski definition) is 1. The van der Waals surface area contributed by atoms with E-state index in [2.05, 4.69) is 0 Å². The zero-order valence-electron chi connectivity index (χ0n) is 10.8. The average molecular weight is 228 g/mol. The Morgan fingerprint density at radius 1 is 1.50 bits per heavy atom. The highest BCUT2D eigenvalue weighted by molar-refractivity contribution is 5.83. The lowest BCUT2D eigenvalue weighted by Crippen LogP contribution is -2.51. The minimum absolute atomic E-state index is 0.0621. The lowest BCUT2D eigenvalue weighted by molar-refractivity contribution is -0.136. The summed E-state index contributed by atoms with van der Waals surface area (Å²) >= 11 is 0. The van der Waals surface area contributed by atoms with Crippen molar-refractivity contribution >= 4 is 5.91 Å². The number of hydrogen-bond acceptors (Lipinski definition) is 3. The molecule has 2 N–H and O–H groups in total. The van der Waals surface area contributed by atoms with Gasteiger partial charge in [0.2, 0.25) is 5.91 Å². The molecule has 0 heterocycles. The minimum Gasteiger partial charge on any atom is -0.383 e. The van der Waals surface area contributed by atoms with Crippen molar-refractivity contribution in [1.29, 1.82) is 0 Å². The molecule has 94 valence electrons. The second-order valence-electron chi connectivity index (χ2n) is 5.60. The molecular weight excluding hydrogens is 204 g/mol. The highest BCUT2D eigenvalue weighted by Gasteiger charge is 2.37. The Hall–Kier alpha value is -0.610. The van der Waals surface area contributed by atoms with Crippen molar-refractivity contribution in [2.45, 2.75) is 45.7 Å². The number of nitrogens with zero attached hydrogens (tertiary/aromatic N) is 1. The Kier molecular flexibility index (Phi) is 4.33. The van der Waals surface area contributed by atoms with Crippen LogP contribution in [0, 0.1) is 5.41 Å². The Bertz CT molecular complexity index is 244. The van der Waals surface area contributed by atoms with Crippen LogP contribution in [0.25, 0.3) is 0 Å². The largest absolute Gasteiger partial charge is 0.383 e. The number of carbonyl (C=O) groups excluding carboxylic acids is 1. The first kappa shape index (κ1) is 13.5. The quantitative estimate of drug-likeness (QED) is 0.763. The molecule has 1 atom stereocenters. The zero-order valence-corrected chi connectivity index (χ0v) is 10.8. The molecule has 0 radical (unpaired) electrons. The van der Waals surface area contributed by atoms with Gasteiger partial charge in [-0.3, -0.25) is 4.79 Å². The van der Waals surface area contributed by atoms with E-state index in [1.54, 1.807) is 7.11 Å². The highest BCUT2D eigenvalue weighted by Crippen LogP contribution is 2.29. The molecule has 0 aliphatic heterocycles. The van der Waals surface area contributed by atoms with Gasteiger partial charge < -0.3 is 15.4 Å². The van der Waals surface area contributed by atoms with Crippen molar-refractivity contribution in [2.24, 2.45) is 11.1 Å². The maximum absolute atomic E-state index is 12.2. The molecule has 0 spiro atoms. The molecule has 0 unspecified atom stereocenters. The summed E-state index contributed by atoms with van der Waals surface area (Å²) in [7, 11) is 1.65. The summed E-state index contributed by atoms with van der Waals surface area (Å²) in [5.41, 5.74) is 5.82. The lowest BCUT2D eigenvalue weighted by atomic mass is 9.86. The minimum atomic E-state index is -0.426. The molecular formula is C12H24N2O2. The van der Waals surface area contributed by atoms with E-state index in [4.69, 9.17) is 10.5 Å². The van der Waals surface area contributed by atoms with Gasteiger partial charge in [-0.2, -0.15) is 0 Å². The maximum Gasteiger partial charge on any atom is 0.240 e. The molecule has 1 amide bonds. The average Bonchev–Trinajstić information content (AvgIpc) is 2.99. The van der Waals surface area contributed by atoms with E-state index in [-0.39, 0.29) is 11.3 Å². The number of carbonyl (C=O) groups is 1. The van der Waals surface area contributed by atoms with Crippen LogP contribution < -0.4 is 5.73 Å². The molecule has 16 heavy (non-hydrogen) atoms. The number of methoxy groups -OCH3 is 1. The third-order valence-electron chi connectivity index (χ3n) is 3.01. The highest BCUT2D eigenvalue weighted by atomic mass is 16.5. The summed E-state index contributed by atoms with van der Waals surface area (Å²) < 4.78 is 5.03. The molecule has 0 aromatic heterocycles. The first-order valence-corrected chi connectivity index (χ1v) is 5.93. The van der Waals surface area contributed by atoms with Crippen LogP contribution in [0.4, 0.5) is 0 Å². The normalized spacial score (nSPS) is 18.3. The van der Waals surface area contributed by atoms with Crippen LogP contribution >= 0.6 is 0 Å². The molecule has 1 rings (SSSR count).